The van der Waals surface area contributed by atoms with Gasteiger partial charge < -0.3 is 26.2 Å². The lowest BCUT2D eigenvalue weighted by atomic mass is 9.58. The van der Waals surface area contributed by atoms with E-state index in [-0.39, 0.29) is 23.3 Å². The van der Waals surface area contributed by atoms with Gasteiger partial charge in [-0.1, -0.05) is 12.1 Å². The highest BCUT2D eigenvalue weighted by Gasteiger charge is 2.63. The van der Waals surface area contributed by atoms with Gasteiger partial charge in [0, 0.05) is 11.5 Å². The zero-order chi connectivity index (χ0) is 26.1. The number of rotatable bonds is 3. The van der Waals surface area contributed by atoms with Gasteiger partial charge in [-0.2, -0.15) is 0 Å². The molecule has 4 aliphatic carbocycles. The number of Topliss-reactive ketones (excluding diaryl/α,β-unsaturated/α-hetero) is 2. The van der Waals surface area contributed by atoms with Crippen molar-refractivity contribution in [3.63, 3.8) is 0 Å². The number of nitrogens with two attached hydrogens (primary N) is 1. The summed E-state index contributed by atoms with van der Waals surface area (Å²) >= 11 is 0. The molecule has 190 valence electrons. The van der Waals surface area contributed by atoms with Crippen LogP contribution in [0.1, 0.15) is 53.6 Å². The lowest BCUT2D eigenvalue weighted by molar-refractivity contribution is -0.148. The molecule has 4 atom stereocenters. The molecule has 0 saturated carbocycles. The van der Waals surface area contributed by atoms with Crippen molar-refractivity contribution in [3.05, 3.63) is 57.6 Å². The molecule has 0 radical (unpaired) electrons. The summed E-state index contributed by atoms with van der Waals surface area (Å²) in [7, 11) is 3.22. The average Bonchev–Trinajstić information content (AvgIpc) is 2.81. The second kappa shape index (κ2) is 8.31. The third kappa shape index (κ3) is 3.19. The van der Waals surface area contributed by atoms with Crippen LogP contribution in [0.2, 0.25) is 0 Å². The van der Waals surface area contributed by atoms with Gasteiger partial charge in [0.2, 0.25) is 5.78 Å². The number of ketones is 2. The van der Waals surface area contributed by atoms with Gasteiger partial charge >= 0.3 is 0 Å². The molecular weight excluding hydrogens is 464 g/mol. The van der Waals surface area contributed by atoms with E-state index in [9.17, 15) is 34.8 Å². The lowest BCUT2D eigenvalue weighted by Gasteiger charge is -2.50. The fraction of sp³-hybridized carbons (Fsp3) is 0.444. The van der Waals surface area contributed by atoms with Gasteiger partial charge in [0.1, 0.15) is 22.8 Å². The van der Waals surface area contributed by atoms with Crippen molar-refractivity contribution in [2.24, 2.45) is 17.6 Å². The van der Waals surface area contributed by atoms with Gasteiger partial charge in [-0.15, -0.1) is 0 Å². The van der Waals surface area contributed by atoms with Crippen LogP contribution in [-0.4, -0.2) is 68.5 Å². The van der Waals surface area contributed by atoms with Crippen LogP contribution in [0, 0.1) is 11.8 Å². The maximum absolute atomic E-state index is 13.8. The molecular formula is C27H30N2O7. The number of carbonyl (C=O) groups is 3. The molecule has 1 amide bonds. The van der Waals surface area contributed by atoms with Crippen molar-refractivity contribution < 1.29 is 34.8 Å². The number of phenols is 1. The smallest absolute Gasteiger partial charge is 0.255 e. The lowest BCUT2D eigenvalue weighted by Crippen LogP contribution is -2.63. The summed E-state index contributed by atoms with van der Waals surface area (Å²) in [4.78, 5) is 40.7. The highest BCUT2D eigenvalue weighted by atomic mass is 16.3. The van der Waals surface area contributed by atoms with Gasteiger partial charge in [0.15, 0.2) is 11.4 Å². The first-order chi connectivity index (χ1) is 17.0. The van der Waals surface area contributed by atoms with Gasteiger partial charge in [0.25, 0.3) is 5.91 Å². The van der Waals surface area contributed by atoms with Crippen LogP contribution in [-0.2, 0) is 16.0 Å². The number of aliphatic hydroxyl groups excluding tert-OH is 2. The Bertz CT molecular complexity index is 1310. The summed E-state index contributed by atoms with van der Waals surface area (Å²) in [5.41, 5.74) is 4.52. The minimum Gasteiger partial charge on any atom is -0.510 e. The minimum atomic E-state index is -2.62. The Morgan fingerprint density at radius 1 is 1.14 bits per heavy atom. The molecule has 5 rings (SSSR count). The molecule has 1 aromatic carbocycles. The summed E-state index contributed by atoms with van der Waals surface area (Å²) < 4.78 is 0. The van der Waals surface area contributed by atoms with Crippen LogP contribution >= 0.6 is 0 Å². The topological polar surface area (TPSA) is 161 Å². The van der Waals surface area contributed by atoms with Crippen molar-refractivity contribution in [2.75, 3.05) is 14.1 Å². The number of phenolic OH excluding ortho intramolecular Hbond substituents is 1. The molecule has 6 N–H and O–H groups in total. The Morgan fingerprint density at radius 2 is 1.86 bits per heavy atom. The van der Waals surface area contributed by atoms with E-state index >= 15 is 0 Å². The largest absolute Gasteiger partial charge is 0.510 e. The molecule has 1 aromatic rings. The molecule has 0 bridgehead atoms. The van der Waals surface area contributed by atoms with E-state index in [1.54, 1.807) is 19.0 Å². The maximum Gasteiger partial charge on any atom is 0.255 e. The van der Waals surface area contributed by atoms with E-state index in [1.807, 2.05) is 6.07 Å². The predicted octanol–water partition coefficient (Wildman–Crippen LogP) is 2.08. The van der Waals surface area contributed by atoms with E-state index in [4.69, 9.17) is 5.73 Å². The Balaban J connectivity index is 1.71. The van der Waals surface area contributed by atoms with Gasteiger partial charge in [-0.25, -0.2) is 0 Å². The number of amides is 1. The standard InChI is InChI=1S/C27H30N2O7/c1-29(2)21-16-11-13-10-15-14(12-6-4-3-5-7-12)8-9-17(30)19(15)22(31)18(13)24(33)27(16,36)25(34)20(23(21)32)26(28)35/h6,8-9,13,16,21,30,32-33,36H,3-5,7,10-11H2,1-2H3,(H2,28,35)/t13-,16-,21-,27-/m1/s1. The Hall–Kier alpha value is -3.43. The number of primary amides is 1. The van der Waals surface area contributed by atoms with Crippen molar-refractivity contribution in [1.29, 1.82) is 0 Å². The zero-order valence-electron chi connectivity index (χ0n) is 20.2. The molecule has 0 saturated heterocycles. The first-order valence-electron chi connectivity index (χ1n) is 12.2. The van der Waals surface area contributed by atoms with Crippen LogP contribution in [0.3, 0.4) is 0 Å². The van der Waals surface area contributed by atoms with Gasteiger partial charge in [-0.3, -0.25) is 19.3 Å². The SMILES string of the molecule is CN(C)[C@H]1C(O)=C(C(N)=O)C(=O)[C@]2(O)C(O)=C3C(=O)c4c(O)ccc(C5=CCCCC5)c4C[C@@H]3C[C@H]12. The number of hydrogen-bond acceptors (Lipinski definition) is 8. The number of benzene rings is 1. The Kier molecular flexibility index (Phi) is 5.61. The highest BCUT2D eigenvalue weighted by Crippen LogP contribution is 2.53. The van der Waals surface area contributed by atoms with Crippen LogP contribution in [0.4, 0.5) is 0 Å². The number of carbonyl (C=O) groups excluding carboxylic acids is 3. The summed E-state index contributed by atoms with van der Waals surface area (Å²) in [5.74, 6) is -6.38. The molecule has 0 heterocycles. The molecule has 0 fully saturated rings. The molecule has 9 heteroatoms. The van der Waals surface area contributed by atoms with Crippen LogP contribution in [0.15, 0.2) is 40.9 Å². The summed E-state index contributed by atoms with van der Waals surface area (Å²) in [6.07, 6.45) is 6.45. The number of nitrogens with zero attached hydrogens (tertiary/aromatic N) is 1. The van der Waals surface area contributed by atoms with E-state index in [0.717, 1.165) is 36.8 Å². The first-order valence-corrected chi connectivity index (χ1v) is 12.2. The van der Waals surface area contributed by atoms with E-state index in [0.29, 0.717) is 12.0 Å². The van der Waals surface area contributed by atoms with Crippen LogP contribution < -0.4 is 5.73 Å². The van der Waals surface area contributed by atoms with Crippen molar-refractivity contribution in [1.82, 2.24) is 4.90 Å². The number of allylic oxidation sites excluding steroid dienone is 3. The van der Waals surface area contributed by atoms with Gasteiger partial charge in [0.05, 0.1) is 11.6 Å². The number of aromatic hydroxyl groups is 1. The monoisotopic (exact) mass is 494 g/mol. The zero-order valence-corrected chi connectivity index (χ0v) is 20.2. The van der Waals surface area contributed by atoms with E-state index in [1.165, 1.54) is 6.07 Å². The second-order valence-corrected chi connectivity index (χ2v) is 10.4. The summed E-state index contributed by atoms with van der Waals surface area (Å²) in [6, 6.07) is 2.27. The predicted molar refractivity (Wildman–Crippen MR) is 130 cm³/mol. The molecule has 4 aliphatic rings. The molecule has 9 nitrogen and oxygen atoms in total. The number of hydrogen-bond donors (Lipinski definition) is 5. The number of fused-ring (bicyclic) bond motifs is 3. The third-order valence-corrected chi connectivity index (χ3v) is 8.24. The van der Waals surface area contributed by atoms with Crippen LogP contribution in [0.5, 0.6) is 5.75 Å². The third-order valence-electron chi connectivity index (χ3n) is 8.24. The Labute approximate surface area is 208 Å². The highest BCUT2D eigenvalue weighted by molar-refractivity contribution is 6.24. The van der Waals surface area contributed by atoms with E-state index in [2.05, 4.69) is 6.08 Å². The normalized spacial score (nSPS) is 30.1. The number of aliphatic hydroxyl groups is 3. The second-order valence-electron chi connectivity index (χ2n) is 10.4. The fourth-order valence-electron chi connectivity index (χ4n) is 6.63. The van der Waals surface area contributed by atoms with Crippen molar-refractivity contribution >= 4 is 23.0 Å². The molecule has 0 spiro atoms. The molecule has 36 heavy (non-hydrogen) atoms. The molecule has 0 unspecified atom stereocenters. The first kappa shape index (κ1) is 24.3. The van der Waals surface area contributed by atoms with Gasteiger partial charge in [-0.05, 0) is 81.3 Å². The molecule has 0 aliphatic heterocycles. The Morgan fingerprint density at radius 3 is 2.47 bits per heavy atom. The van der Waals surface area contributed by atoms with Crippen molar-refractivity contribution in [2.45, 2.75) is 50.2 Å². The number of likely N-dealkylation sites (N-methyl/N-ethyl adjacent to an activating group) is 1. The van der Waals surface area contributed by atoms with E-state index < -0.39 is 58.0 Å². The van der Waals surface area contributed by atoms with Crippen LogP contribution in [0.25, 0.3) is 5.57 Å². The molecule has 0 aromatic heterocycles. The minimum absolute atomic E-state index is 0.0553. The summed E-state index contributed by atoms with van der Waals surface area (Å²) in [6.45, 7) is 0. The fourth-order valence-corrected chi connectivity index (χ4v) is 6.63. The van der Waals surface area contributed by atoms with Crippen molar-refractivity contribution in [3.8, 4) is 5.75 Å². The average molecular weight is 495 g/mol. The quantitative estimate of drug-likeness (QED) is 0.399. The summed E-state index contributed by atoms with van der Waals surface area (Å²) in [5, 5.41) is 44.5. The maximum atomic E-state index is 13.8.